The van der Waals surface area contributed by atoms with E-state index in [0.717, 1.165) is 32.4 Å². The Morgan fingerprint density at radius 1 is 1.27 bits per heavy atom. The van der Waals surface area contributed by atoms with Crippen molar-refractivity contribution in [1.29, 1.82) is 0 Å². The van der Waals surface area contributed by atoms with Crippen LogP contribution < -0.4 is 20.1 Å². The first-order valence-electron chi connectivity index (χ1n) is 9.07. The van der Waals surface area contributed by atoms with Crippen molar-refractivity contribution < 1.29 is 14.3 Å². The third kappa shape index (κ3) is 6.22. The van der Waals surface area contributed by atoms with Gasteiger partial charge in [0.1, 0.15) is 0 Å². The van der Waals surface area contributed by atoms with Gasteiger partial charge in [-0.15, -0.1) is 12.4 Å². The van der Waals surface area contributed by atoms with Gasteiger partial charge in [-0.05, 0) is 56.8 Å². The van der Waals surface area contributed by atoms with E-state index in [4.69, 9.17) is 21.1 Å². The number of hydrogen-bond acceptors (Lipinski definition) is 4. The van der Waals surface area contributed by atoms with Crippen LogP contribution in [0.3, 0.4) is 0 Å². The number of benzene rings is 1. The number of rotatable bonds is 8. The summed E-state index contributed by atoms with van der Waals surface area (Å²) in [5.41, 5.74) is 0.632. The monoisotopic (exact) mass is 404 g/mol. The molecule has 2 rings (SSSR count). The molecule has 148 valence electrons. The summed E-state index contributed by atoms with van der Waals surface area (Å²) in [4.78, 5) is 12.6. The molecule has 2 N–H and O–H groups in total. The molecule has 5 nitrogen and oxygen atoms in total. The molecule has 1 amide bonds. The molecule has 0 aliphatic carbocycles. The Balaban J connectivity index is 0.00000338. The van der Waals surface area contributed by atoms with Crippen LogP contribution in [-0.4, -0.2) is 38.8 Å². The van der Waals surface area contributed by atoms with Crippen LogP contribution in [0, 0.1) is 5.41 Å². The predicted octanol–water partition coefficient (Wildman–Crippen LogP) is 4.07. The normalized spacial score (nSPS) is 15.7. The highest BCUT2D eigenvalue weighted by molar-refractivity contribution is 6.32. The van der Waals surface area contributed by atoms with Gasteiger partial charge in [-0.25, -0.2) is 0 Å². The van der Waals surface area contributed by atoms with Crippen LogP contribution in [0.25, 0.3) is 0 Å². The Kier molecular flexibility index (Phi) is 9.55. The van der Waals surface area contributed by atoms with E-state index >= 15 is 0 Å². The Morgan fingerprint density at radius 2 is 1.96 bits per heavy atom. The molecule has 26 heavy (non-hydrogen) atoms. The minimum Gasteiger partial charge on any atom is -0.490 e. The van der Waals surface area contributed by atoms with E-state index in [9.17, 15) is 4.79 Å². The molecule has 0 spiro atoms. The molecule has 1 saturated heterocycles. The molecular weight excluding hydrogens is 375 g/mol. The van der Waals surface area contributed by atoms with Crippen molar-refractivity contribution in [2.24, 2.45) is 5.41 Å². The fourth-order valence-corrected chi connectivity index (χ4v) is 3.17. The van der Waals surface area contributed by atoms with Crippen LogP contribution in [0.2, 0.25) is 5.02 Å². The number of halogens is 2. The molecule has 1 heterocycles. The predicted molar refractivity (Wildman–Crippen MR) is 108 cm³/mol. The Bertz CT molecular complexity index is 590. The van der Waals surface area contributed by atoms with Crippen LogP contribution in [0.4, 0.5) is 0 Å². The summed E-state index contributed by atoms with van der Waals surface area (Å²) in [6.07, 6.45) is 2.99. The van der Waals surface area contributed by atoms with E-state index < -0.39 is 0 Å². The minimum absolute atomic E-state index is 0. The zero-order chi connectivity index (χ0) is 18.3. The topological polar surface area (TPSA) is 59.6 Å². The Hall–Kier alpha value is -1.17. The van der Waals surface area contributed by atoms with Gasteiger partial charge >= 0.3 is 0 Å². The summed E-state index contributed by atoms with van der Waals surface area (Å²) in [5, 5.41) is 6.80. The van der Waals surface area contributed by atoms with Crippen LogP contribution in [0.15, 0.2) is 12.1 Å². The number of hydrogen-bond donors (Lipinski definition) is 2. The molecule has 1 aromatic rings. The SMILES string of the molecule is CCCOc1c(Cl)cc(C(=O)NCC2(C)CCNCC2)cc1OCC.Cl. The number of amides is 1. The van der Waals surface area contributed by atoms with Crippen molar-refractivity contribution >= 4 is 29.9 Å². The molecule has 1 aliphatic rings. The highest BCUT2D eigenvalue weighted by Crippen LogP contribution is 2.37. The van der Waals surface area contributed by atoms with Crippen molar-refractivity contribution in [3.8, 4) is 11.5 Å². The number of piperidine rings is 1. The fraction of sp³-hybridized carbons (Fsp3) is 0.632. The zero-order valence-electron chi connectivity index (χ0n) is 15.8. The quantitative estimate of drug-likeness (QED) is 0.685. The van der Waals surface area contributed by atoms with Gasteiger partial charge in [0.25, 0.3) is 5.91 Å². The van der Waals surface area contributed by atoms with E-state index in [1.807, 2.05) is 13.8 Å². The van der Waals surface area contributed by atoms with Gasteiger partial charge in [0.05, 0.1) is 18.2 Å². The average molecular weight is 405 g/mol. The molecule has 0 aromatic heterocycles. The number of nitrogens with one attached hydrogen (secondary N) is 2. The second kappa shape index (κ2) is 10.9. The maximum atomic E-state index is 12.6. The van der Waals surface area contributed by atoms with Crippen molar-refractivity contribution in [1.82, 2.24) is 10.6 Å². The van der Waals surface area contributed by atoms with Gasteiger partial charge in [-0.3, -0.25) is 4.79 Å². The van der Waals surface area contributed by atoms with Crippen molar-refractivity contribution in [3.63, 3.8) is 0 Å². The molecule has 0 bridgehead atoms. The molecular formula is C19H30Cl2N2O3. The van der Waals surface area contributed by atoms with Crippen LogP contribution in [0.5, 0.6) is 11.5 Å². The van der Waals surface area contributed by atoms with Gasteiger partial charge in [-0.1, -0.05) is 25.4 Å². The average Bonchev–Trinajstić information content (AvgIpc) is 2.60. The first-order chi connectivity index (χ1) is 12.0. The second-order valence-electron chi connectivity index (χ2n) is 6.81. The maximum absolute atomic E-state index is 12.6. The smallest absolute Gasteiger partial charge is 0.251 e. The Morgan fingerprint density at radius 3 is 2.58 bits per heavy atom. The summed E-state index contributed by atoms with van der Waals surface area (Å²) in [6, 6.07) is 3.36. The summed E-state index contributed by atoms with van der Waals surface area (Å²) in [6.45, 7) is 9.82. The number of carbonyl (C=O) groups is 1. The van der Waals surface area contributed by atoms with Crippen LogP contribution in [0.1, 0.15) is 50.4 Å². The van der Waals surface area contributed by atoms with E-state index in [1.165, 1.54) is 0 Å². The molecule has 1 fully saturated rings. The van der Waals surface area contributed by atoms with Crippen molar-refractivity contribution in [2.45, 2.75) is 40.0 Å². The molecule has 0 saturated carbocycles. The lowest BCUT2D eigenvalue weighted by Crippen LogP contribution is -2.42. The van der Waals surface area contributed by atoms with Crippen LogP contribution >= 0.6 is 24.0 Å². The molecule has 0 unspecified atom stereocenters. The van der Waals surface area contributed by atoms with Crippen molar-refractivity contribution in [2.75, 3.05) is 32.8 Å². The summed E-state index contributed by atoms with van der Waals surface area (Å²) < 4.78 is 11.3. The molecule has 0 atom stereocenters. The molecule has 0 radical (unpaired) electrons. The number of carbonyl (C=O) groups excluding carboxylic acids is 1. The number of ether oxygens (including phenoxy) is 2. The summed E-state index contributed by atoms with van der Waals surface area (Å²) in [5.74, 6) is 0.888. The fourth-order valence-electron chi connectivity index (χ4n) is 2.91. The van der Waals surface area contributed by atoms with E-state index in [2.05, 4.69) is 17.6 Å². The lowest BCUT2D eigenvalue weighted by molar-refractivity contribution is 0.0921. The van der Waals surface area contributed by atoms with Gasteiger partial charge in [0.2, 0.25) is 0 Å². The molecule has 1 aliphatic heterocycles. The largest absolute Gasteiger partial charge is 0.490 e. The van der Waals surface area contributed by atoms with Gasteiger partial charge in [-0.2, -0.15) is 0 Å². The van der Waals surface area contributed by atoms with Gasteiger partial charge < -0.3 is 20.1 Å². The van der Waals surface area contributed by atoms with Crippen molar-refractivity contribution in [3.05, 3.63) is 22.7 Å². The summed E-state index contributed by atoms with van der Waals surface area (Å²) in [7, 11) is 0. The highest BCUT2D eigenvalue weighted by Gasteiger charge is 2.27. The minimum atomic E-state index is -0.135. The second-order valence-corrected chi connectivity index (χ2v) is 7.22. The van der Waals surface area contributed by atoms with Crippen LogP contribution in [-0.2, 0) is 0 Å². The molecule has 7 heteroatoms. The van der Waals surface area contributed by atoms with Gasteiger partial charge in [0.15, 0.2) is 11.5 Å². The van der Waals surface area contributed by atoms with E-state index in [-0.39, 0.29) is 23.7 Å². The standard InChI is InChI=1S/C19H29ClN2O3.ClH/c1-4-10-25-17-15(20)11-14(12-16(17)24-5-2)18(23)22-13-19(3)6-8-21-9-7-19;/h11-12,21H,4-10,13H2,1-3H3,(H,22,23);1H. The molecule has 1 aromatic carbocycles. The first-order valence-corrected chi connectivity index (χ1v) is 9.45. The van der Waals surface area contributed by atoms with E-state index in [0.29, 0.717) is 41.8 Å². The third-order valence-corrected chi connectivity index (χ3v) is 4.79. The van der Waals surface area contributed by atoms with E-state index in [1.54, 1.807) is 12.1 Å². The highest BCUT2D eigenvalue weighted by atomic mass is 35.5. The third-order valence-electron chi connectivity index (χ3n) is 4.51. The lowest BCUT2D eigenvalue weighted by atomic mass is 9.81. The Labute approximate surface area is 167 Å². The lowest BCUT2D eigenvalue weighted by Gasteiger charge is -2.34. The first kappa shape index (κ1) is 22.9. The van der Waals surface area contributed by atoms with Gasteiger partial charge in [0, 0.05) is 12.1 Å². The summed E-state index contributed by atoms with van der Waals surface area (Å²) >= 11 is 6.33. The zero-order valence-corrected chi connectivity index (χ0v) is 17.4. The maximum Gasteiger partial charge on any atom is 0.251 e.